The number of nitrogens with one attached hydrogen (secondary N) is 2. The fourth-order valence-corrected chi connectivity index (χ4v) is 2.91. The average molecular weight is 359 g/mol. The van der Waals surface area contributed by atoms with E-state index in [1.165, 1.54) is 12.4 Å². The highest BCUT2D eigenvalue weighted by Crippen LogP contribution is 2.21. The summed E-state index contributed by atoms with van der Waals surface area (Å²) in [5.41, 5.74) is 1.85. The Hall–Kier alpha value is -2.48. The van der Waals surface area contributed by atoms with Gasteiger partial charge in [0.2, 0.25) is 0 Å². The van der Waals surface area contributed by atoms with E-state index in [1.54, 1.807) is 4.90 Å². The first kappa shape index (κ1) is 18.3. The third-order valence-corrected chi connectivity index (χ3v) is 4.49. The van der Waals surface area contributed by atoms with E-state index >= 15 is 0 Å². The monoisotopic (exact) mass is 359 g/mol. The van der Waals surface area contributed by atoms with Crippen molar-refractivity contribution >= 4 is 5.91 Å². The van der Waals surface area contributed by atoms with Gasteiger partial charge < -0.3 is 14.6 Å². The molecule has 3 rings (SSSR count). The Morgan fingerprint density at radius 1 is 1.38 bits per heavy atom. The van der Waals surface area contributed by atoms with Crippen LogP contribution in [-0.2, 0) is 16.6 Å². The predicted octanol–water partition coefficient (Wildman–Crippen LogP) is 1.26. The Kier molecular flexibility index (Phi) is 5.22. The van der Waals surface area contributed by atoms with Crippen LogP contribution in [-0.4, -0.2) is 56.8 Å². The molecule has 0 saturated carbocycles. The SMILES string of the molecule is CC(C)(C)c1cc(C(=O)N2CCO[C@H](CCc3cc(=O)[nH]cn3)C2)n[nH]1. The summed E-state index contributed by atoms with van der Waals surface area (Å²) < 4.78 is 5.77. The molecular formula is C18H25N5O3. The van der Waals surface area contributed by atoms with Gasteiger partial charge in [0.15, 0.2) is 0 Å². The zero-order valence-corrected chi connectivity index (χ0v) is 15.4. The highest BCUT2D eigenvalue weighted by molar-refractivity contribution is 5.92. The Morgan fingerprint density at radius 2 is 2.19 bits per heavy atom. The van der Waals surface area contributed by atoms with Crippen LogP contribution in [0.15, 0.2) is 23.3 Å². The van der Waals surface area contributed by atoms with E-state index in [0.717, 1.165) is 11.4 Å². The van der Waals surface area contributed by atoms with Gasteiger partial charge in [-0.25, -0.2) is 4.98 Å². The molecule has 1 atom stereocenters. The van der Waals surface area contributed by atoms with Gasteiger partial charge in [-0.05, 0) is 18.9 Å². The smallest absolute Gasteiger partial charge is 0.274 e. The number of aromatic nitrogens is 4. The number of aromatic amines is 2. The van der Waals surface area contributed by atoms with E-state index in [4.69, 9.17) is 4.74 Å². The van der Waals surface area contributed by atoms with Crippen LogP contribution in [0.1, 0.15) is 49.1 Å². The molecule has 2 N–H and O–H groups in total. The molecule has 0 unspecified atom stereocenters. The number of carbonyl (C=O) groups excluding carboxylic acids is 1. The normalized spacial score (nSPS) is 18.1. The van der Waals surface area contributed by atoms with Gasteiger partial charge in [0, 0.05) is 36.0 Å². The quantitative estimate of drug-likeness (QED) is 0.855. The standard InChI is InChI=1S/C18H25N5O3/c1-18(2,3)15-9-14(21-22-15)17(25)23-6-7-26-13(10-23)5-4-12-8-16(24)20-11-19-12/h8-9,11,13H,4-7,10H2,1-3H3,(H,21,22)(H,19,20,24)/t13-/m1/s1. The number of rotatable bonds is 4. The number of morpholine rings is 1. The van der Waals surface area contributed by atoms with Gasteiger partial charge in [-0.3, -0.25) is 14.7 Å². The van der Waals surface area contributed by atoms with Gasteiger partial charge >= 0.3 is 0 Å². The molecule has 1 fully saturated rings. The van der Waals surface area contributed by atoms with Crippen molar-refractivity contribution < 1.29 is 9.53 Å². The van der Waals surface area contributed by atoms with Gasteiger partial charge in [-0.1, -0.05) is 20.8 Å². The zero-order valence-electron chi connectivity index (χ0n) is 15.4. The van der Waals surface area contributed by atoms with Crippen LogP contribution in [0.3, 0.4) is 0 Å². The maximum absolute atomic E-state index is 12.7. The van der Waals surface area contributed by atoms with Crippen LogP contribution in [0, 0.1) is 0 Å². The van der Waals surface area contributed by atoms with Gasteiger partial charge in [-0.2, -0.15) is 5.10 Å². The lowest BCUT2D eigenvalue weighted by molar-refractivity contribution is -0.0248. The summed E-state index contributed by atoms with van der Waals surface area (Å²) in [5, 5.41) is 7.14. The Morgan fingerprint density at radius 3 is 2.88 bits per heavy atom. The predicted molar refractivity (Wildman–Crippen MR) is 96.1 cm³/mol. The number of nitrogens with zero attached hydrogens (tertiary/aromatic N) is 3. The van der Waals surface area contributed by atoms with E-state index in [2.05, 4.69) is 40.9 Å². The molecule has 0 aliphatic carbocycles. The summed E-state index contributed by atoms with van der Waals surface area (Å²) in [6, 6.07) is 3.32. The van der Waals surface area contributed by atoms with Crippen molar-refractivity contribution in [1.29, 1.82) is 0 Å². The fraction of sp³-hybridized carbons (Fsp3) is 0.556. The molecule has 8 nitrogen and oxygen atoms in total. The topological polar surface area (TPSA) is 104 Å². The molecule has 26 heavy (non-hydrogen) atoms. The van der Waals surface area contributed by atoms with Crippen LogP contribution in [0.2, 0.25) is 0 Å². The van der Waals surface area contributed by atoms with Gasteiger partial charge in [0.1, 0.15) is 5.69 Å². The Labute approximate surface area is 152 Å². The van der Waals surface area contributed by atoms with Crippen molar-refractivity contribution in [1.82, 2.24) is 25.1 Å². The highest BCUT2D eigenvalue weighted by Gasteiger charge is 2.27. The first-order valence-corrected chi connectivity index (χ1v) is 8.83. The molecule has 2 aromatic rings. The number of amides is 1. The van der Waals surface area contributed by atoms with E-state index in [-0.39, 0.29) is 23.0 Å². The summed E-state index contributed by atoms with van der Waals surface area (Å²) in [6.07, 6.45) is 2.66. The molecule has 1 amide bonds. The maximum atomic E-state index is 12.7. The molecular weight excluding hydrogens is 334 g/mol. The van der Waals surface area contributed by atoms with Crippen LogP contribution in [0.4, 0.5) is 0 Å². The van der Waals surface area contributed by atoms with E-state index in [9.17, 15) is 9.59 Å². The minimum Gasteiger partial charge on any atom is -0.375 e. The number of hydrogen-bond donors (Lipinski definition) is 2. The van der Waals surface area contributed by atoms with E-state index in [1.807, 2.05) is 6.07 Å². The lowest BCUT2D eigenvalue weighted by Crippen LogP contribution is -2.45. The van der Waals surface area contributed by atoms with Gasteiger partial charge in [0.05, 0.1) is 19.0 Å². The van der Waals surface area contributed by atoms with Crippen LogP contribution < -0.4 is 5.56 Å². The minimum absolute atomic E-state index is 0.0742. The summed E-state index contributed by atoms with van der Waals surface area (Å²) in [5.74, 6) is -0.0840. The summed E-state index contributed by atoms with van der Waals surface area (Å²) in [6.45, 7) is 7.78. The average Bonchev–Trinajstić information content (AvgIpc) is 3.10. The van der Waals surface area contributed by atoms with Crippen LogP contribution >= 0.6 is 0 Å². The van der Waals surface area contributed by atoms with Gasteiger partial charge in [0.25, 0.3) is 11.5 Å². The zero-order chi connectivity index (χ0) is 18.7. The number of H-pyrrole nitrogens is 2. The van der Waals surface area contributed by atoms with Crippen LogP contribution in [0.5, 0.6) is 0 Å². The number of aryl methyl sites for hydroxylation is 1. The second-order valence-electron chi connectivity index (χ2n) is 7.60. The van der Waals surface area contributed by atoms with Gasteiger partial charge in [-0.15, -0.1) is 0 Å². The van der Waals surface area contributed by atoms with Crippen molar-refractivity contribution in [2.45, 2.75) is 45.1 Å². The third-order valence-electron chi connectivity index (χ3n) is 4.49. The molecule has 0 bridgehead atoms. The molecule has 2 aromatic heterocycles. The molecule has 8 heteroatoms. The first-order chi connectivity index (χ1) is 12.3. The van der Waals surface area contributed by atoms with Crippen molar-refractivity contribution in [3.05, 3.63) is 45.9 Å². The molecule has 1 saturated heterocycles. The lowest BCUT2D eigenvalue weighted by Gasteiger charge is -2.32. The first-order valence-electron chi connectivity index (χ1n) is 8.83. The van der Waals surface area contributed by atoms with E-state index < -0.39 is 0 Å². The Bertz CT molecular complexity index is 820. The van der Waals surface area contributed by atoms with Crippen molar-refractivity contribution in [2.75, 3.05) is 19.7 Å². The lowest BCUT2D eigenvalue weighted by atomic mass is 9.92. The number of carbonyl (C=O) groups is 1. The summed E-state index contributed by atoms with van der Waals surface area (Å²) >= 11 is 0. The molecule has 0 aromatic carbocycles. The molecule has 0 spiro atoms. The second-order valence-corrected chi connectivity index (χ2v) is 7.60. The molecule has 3 heterocycles. The van der Waals surface area contributed by atoms with E-state index in [0.29, 0.717) is 38.2 Å². The number of ether oxygens (including phenoxy) is 1. The van der Waals surface area contributed by atoms with Crippen molar-refractivity contribution in [2.24, 2.45) is 0 Å². The maximum Gasteiger partial charge on any atom is 0.274 e. The summed E-state index contributed by atoms with van der Waals surface area (Å²) in [4.78, 5) is 32.5. The second kappa shape index (κ2) is 7.41. The Balaban J connectivity index is 1.60. The van der Waals surface area contributed by atoms with Crippen molar-refractivity contribution in [3.63, 3.8) is 0 Å². The largest absolute Gasteiger partial charge is 0.375 e. The molecule has 140 valence electrons. The third kappa shape index (κ3) is 4.37. The number of hydrogen-bond acceptors (Lipinski definition) is 5. The minimum atomic E-state index is -0.162. The van der Waals surface area contributed by atoms with Crippen molar-refractivity contribution in [3.8, 4) is 0 Å². The van der Waals surface area contributed by atoms with Crippen LogP contribution in [0.25, 0.3) is 0 Å². The summed E-state index contributed by atoms with van der Waals surface area (Å²) in [7, 11) is 0. The molecule has 0 radical (unpaired) electrons. The molecule has 1 aliphatic rings. The highest BCUT2D eigenvalue weighted by atomic mass is 16.5. The fourth-order valence-electron chi connectivity index (χ4n) is 2.91. The molecule has 1 aliphatic heterocycles.